The first-order valence-electron chi connectivity index (χ1n) is 9.01. The van der Waals surface area contributed by atoms with Gasteiger partial charge in [-0.3, -0.25) is 9.69 Å². The Balaban J connectivity index is 1.48. The van der Waals surface area contributed by atoms with Gasteiger partial charge in [-0.1, -0.05) is 48.5 Å². The number of benzene rings is 2. The number of nitrogens with zero attached hydrogens (tertiary/aromatic N) is 2. The lowest BCUT2D eigenvalue weighted by Crippen LogP contribution is -2.45. The van der Waals surface area contributed by atoms with Crippen LogP contribution >= 0.6 is 0 Å². The van der Waals surface area contributed by atoms with Gasteiger partial charge in [-0.15, -0.1) is 0 Å². The molecule has 0 N–H and O–H groups in total. The van der Waals surface area contributed by atoms with E-state index in [2.05, 4.69) is 58.3 Å². The van der Waals surface area contributed by atoms with Crippen LogP contribution in [0.2, 0.25) is 0 Å². The van der Waals surface area contributed by atoms with Crippen molar-refractivity contribution in [3.63, 3.8) is 0 Å². The standard InChI is InChI=1S/C21H22N2O/c24-21-19-14-22(12-15-6-2-1-3-7-15)13-18(19)17-10-4-8-16-9-5-11-23(21)20(16)17/h1-4,6-8,10,18-19H,5,9,11-14H2/t18-,19-/m1/s1. The smallest absolute Gasteiger partial charge is 0.232 e. The van der Waals surface area contributed by atoms with Crippen molar-refractivity contribution in [3.05, 3.63) is 65.2 Å². The number of carbonyl (C=O) groups is 1. The third-order valence-corrected chi connectivity index (χ3v) is 5.88. The summed E-state index contributed by atoms with van der Waals surface area (Å²) in [6, 6.07) is 17.2. The second-order valence-corrected chi connectivity index (χ2v) is 7.34. The van der Waals surface area contributed by atoms with Gasteiger partial charge in [0.1, 0.15) is 0 Å². The van der Waals surface area contributed by atoms with Crippen LogP contribution in [0.1, 0.15) is 29.0 Å². The summed E-state index contributed by atoms with van der Waals surface area (Å²) in [7, 11) is 0. The van der Waals surface area contributed by atoms with Crippen LogP contribution < -0.4 is 4.90 Å². The summed E-state index contributed by atoms with van der Waals surface area (Å²) in [6.45, 7) is 3.72. The molecule has 3 aliphatic rings. The van der Waals surface area contributed by atoms with Crippen molar-refractivity contribution in [1.82, 2.24) is 4.90 Å². The highest BCUT2D eigenvalue weighted by atomic mass is 16.2. The van der Waals surface area contributed by atoms with E-state index in [-0.39, 0.29) is 5.92 Å². The molecule has 0 aromatic heterocycles. The zero-order chi connectivity index (χ0) is 16.1. The van der Waals surface area contributed by atoms with Gasteiger partial charge in [-0.05, 0) is 29.5 Å². The maximum atomic E-state index is 13.1. The minimum Gasteiger partial charge on any atom is -0.312 e. The van der Waals surface area contributed by atoms with Gasteiger partial charge in [0.05, 0.1) is 11.6 Å². The van der Waals surface area contributed by atoms with Crippen LogP contribution in [0.3, 0.4) is 0 Å². The van der Waals surface area contributed by atoms with Gasteiger partial charge in [0.15, 0.2) is 0 Å². The van der Waals surface area contributed by atoms with Gasteiger partial charge in [0, 0.05) is 32.1 Å². The molecule has 3 heterocycles. The van der Waals surface area contributed by atoms with Gasteiger partial charge in [-0.2, -0.15) is 0 Å². The van der Waals surface area contributed by atoms with E-state index < -0.39 is 0 Å². The first-order valence-corrected chi connectivity index (χ1v) is 9.01. The van der Waals surface area contributed by atoms with Crippen molar-refractivity contribution in [1.29, 1.82) is 0 Å². The summed E-state index contributed by atoms with van der Waals surface area (Å²) in [5.74, 6) is 0.857. The topological polar surface area (TPSA) is 23.6 Å². The maximum Gasteiger partial charge on any atom is 0.232 e. The minimum absolute atomic E-state index is 0.134. The molecular weight excluding hydrogens is 296 g/mol. The highest BCUT2D eigenvalue weighted by Gasteiger charge is 2.46. The van der Waals surface area contributed by atoms with Crippen LogP contribution in [-0.4, -0.2) is 30.4 Å². The average molecular weight is 318 g/mol. The third-order valence-electron chi connectivity index (χ3n) is 5.88. The number of aryl methyl sites for hydroxylation is 1. The molecule has 0 aliphatic carbocycles. The Bertz CT molecular complexity index is 786. The molecule has 3 nitrogen and oxygen atoms in total. The molecule has 24 heavy (non-hydrogen) atoms. The normalized spacial score (nSPS) is 25.5. The maximum absolute atomic E-state index is 13.1. The van der Waals surface area contributed by atoms with E-state index in [4.69, 9.17) is 0 Å². The van der Waals surface area contributed by atoms with Crippen LogP contribution in [-0.2, 0) is 17.8 Å². The zero-order valence-corrected chi connectivity index (χ0v) is 13.8. The second-order valence-electron chi connectivity index (χ2n) is 7.34. The van der Waals surface area contributed by atoms with E-state index >= 15 is 0 Å². The van der Waals surface area contributed by atoms with E-state index in [9.17, 15) is 4.79 Å². The van der Waals surface area contributed by atoms with Gasteiger partial charge >= 0.3 is 0 Å². The predicted molar refractivity (Wildman–Crippen MR) is 95.1 cm³/mol. The molecule has 1 fully saturated rings. The summed E-state index contributed by atoms with van der Waals surface area (Å²) in [4.78, 5) is 17.6. The highest BCUT2D eigenvalue weighted by molar-refractivity contribution is 6.00. The number of amides is 1. The number of rotatable bonds is 2. The first-order chi connectivity index (χ1) is 11.8. The second kappa shape index (κ2) is 5.45. The van der Waals surface area contributed by atoms with Crippen molar-refractivity contribution in [2.45, 2.75) is 25.3 Å². The number of hydrogen-bond acceptors (Lipinski definition) is 2. The lowest BCUT2D eigenvalue weighted by molar-refractivity contribution is -0.123. The third kappa shape index (κ3) is 2.11. The molecule has 3 aliphatic heterocycles. The Kier molecular flexibility index (Phi) is 3.23. The molecule has 1 amide bonds. The molecule has 0 unspecified atom stereocenters. The van der Waals surface area contributed by atoms with Crippen molar-refractivity contribution >= 4 is 11.6 Å². The Hall–Kier alpha value is -2.13. The summed E-state index contributed by atoms with van der Waals surface area (Å²) in [6.07, 6.45) is 2.20. The lowest BCUT2D eigenvalue weighted by atomic mass is 9.80. The molecule has 5 rings (SSSR count). The van der Waals surface area contributed by atoms with Crippen molar-refractivity contribution in [3.8, 4) is 0 Å². The molecule has 0 bridgehead atoms. The number of fused-ring (bicyclic) bond motifs is 2. The molecule has 122 valence electrons. The number of anilines is 1. The molecule has 0 radical (unpaired) electrons. The number of carbonyl (C=O) groups excluding carboxylic acids is 1. The fourth-order valence-electron chi connectivity index (χ4n) is 4.82. The first kappa shape index (κ1) is 14.2. The van der Waals surface area contributed by atoms with Crippen LogP contribution in [0.25, 0.3) is 0 Å². The van der Waals surface area contributed by atoms with Gasteiger partial charge in [-0.25, -0.2) is 0 Å². The molecule has 0 spiro atoms. The number of para-hydroxylation sites is 1. The Morgan fingerprint density at radius 3 is 2.67 bits per heavy atom. The summed E-state index contributed by atoms with van der Waals surface area (Å²) >= 11 is 0. The fourth-order valence-corrected chi connectivity index (χ4v) is 4.82. The van der Waals surface area contributed by atoms with Crippen molar-refractivity contribution in [2.24, 2.45) is 5.92 Å². The molecular formula is C21H22N2O. The van der Waals surface area contributed by atoms with E-state index in [1.165, 1.54) is 22.4 Å². The SMILES string of the molecule is O=C1[C@@H]2CN(Cc3ccccc3)C[C@@H]2c2cccc3c2N1CCC3. The molecule has 2 aromatic rings. The minimum atomic E-state index is 0.134. The number of hydrogen-bond donors (Lipinski definition) is 0. The largest absolute Gasteiger partial charge is 0.312 e. The molecule has 1 saturated heterocycles. The molecule has 2 atom stereocenters. The summed E-state index contributed by atoms with van der Waals surface area (Å²) in [5, 5.41) is 0. The van der Waals surface area contributed by atoms with Crippen LogP contribution in [0.5, 0.6) is 0 Å². The van der Waals surface area contributed by atoms with Crippen LogP contribution in [0.4, 0.5) is 5.69 Å². The zero-order valence-electron chi connectivity index (χ0n) is 13.8. The van der Waals surface area contributed by atoms with Crippen molar-refractivity contribution < 1.29 is 4.79 Å². The lowest BCUT2D eigenvalue weighted by Gasteiger charge is -2.40. The predicted octanol–water partition coefficient (Wildman–Crippen LogP) is 3.20. The monoisotopic (exact) mass is 318 g/mol. The number of likely N-dealkylation sites (tertiary alicyclic amines) is 1. The van der Waals surface area contributed by atoms with E-state index in [1.54, 1.807) is 0 Å². The Morgan fingerprint density at radius 1 is 0.958 bits per heavy atom. The highest BCUT2D eigenvalue weighted by Crippen LogP contribution is 2.46. The molecule has 3 heteroatoms. The molecule has 2 aromatic carbocycles. The van der Waals surface area contributed by atoms with Crippen LogP contribution in [0.15, 0.2) is 48.5 Å². The van der Waals surface area contributed by atoms with Crippen LogP contribution in [0, 0.1) is 5.92 Å². The summed E-state index contributed by atoms with van der Waals surface area (Å²) < 4.78 is 0. The quantitative estimate of drug-likeness (QED) is 0.849. The Labute approximate surface area is 142 Å². The Morgan fingerprint density at radius 2 is 1.79 bits per heavy atom. The molecule has 0 saturated carbocycles. The average Bonchev–Trinajstić information content (AvgIpc) is 3.04. The van der Waals surface area contributed by atoms with E-state index in [0.29, 0.717) is 11.8 Å². The van der Waals surface area contributed by atoms with Gasteiger partial charge < -0.3 is 4.90 Å². The fraction of sp³-hybridized carbons (Fsp3) is 0.381. The van der Waals surface area contributed by atoms with Gasteiger partial charge in [0.2, 0.25) is 5.91 Å². The summed E-state index contributed by atoms with van der Waals surface area (Å²) in [5.41, 5.74) is 5.36. The van der Waals surface area contributed by atoms with Crippen molar-refractivity contribution in [2.75, 3.05) is 24.5 Å². The van der Waals surface area contributed by atoms with E-state index in [1.807, 2.05) is 0 Å². The van der Waals surface area contributed by atoms with E-state index in [0.717, 1.165) is 39.0 Å². The van der Waals surface area contributed by atoms with Gasteiger partial charge in [0.25, 0.3) is 0 Å².